The van der Waals surface area contributed by atoms with E-state index in [4.69, 9.17) is 0 Å². The molecule has 1 aromatic carbocycles. The summed E-state index contributed by atoms with van der Waals surface area (Å²) >= 11 is 1.88. The molecule has 0 aliphatic heterocycles. The van der Waals surface area contributed by atoms with E-state index in [2.05, 4.69) is 57.3 Å². The number of allylic oxidation sites excluding steroid dienone is 2. The summed E-state index contributed by atoms with van der Waals surface area (Å²) in [6.07, 6.45) is 8.98. The van der Waals surface area contributed by atoms with Crippen LogP contribution in [0.2, 0.25) is 0 Å². The Morgan fingerprint density at radius 3 is 2.64 bits per heavy atom. The number of rotatable bonds is 5. The molecule has 0 amide bonds. The molecule has 0 fully saturated rings. The lowest BCUT2D eigenvalue weighted by Gasteiger charge is -2.27. The van der Waals surface area contributed by atoms with Crippen LogP contribution in [0.3, 0.4) is 0 Å². The van der Waals surface area contributed by atoms with E-state index in [1.54, 1.807) is 11.1 Å². The van der Waals surface area contributed by atoms with Crippen LogP contribution >= 0.6 is 11.3 Å². The van der Waals surface area contributed by atoms with E-state index >= 15 is 0 Å². The third-order valence-electron chi connectivity index (χ3n) is 4.85. The fourth-order valence-electron chi connectivity index (χ4n) is 3.40. The van der Waals surface area contributed by atoms with Crippen molar-refractivity contribution < 1.29 is 0 Å². The predicted molar refractivity (Wildman–Crippen MR) is 102 cm³/mol. The molecule has 0 saturated carbocycles. The second kappa shape index (κ2) is 6.87. The SMILES string of the molecule is C=CCC/C=C/[B]c1csc2cc3c(cc12)C(C)CCC3C. The smallest absolute Gasteiger partial charge is 0.144 e. The van der Waals surface area contributed by atoms with E-state index in [0.29, 0.717) is 11.8 Å². The van der Waals surface area contributed by atoms with Crippen LogP contribution < -0.4 is 5.46 Å². The average molecular weight is 307 g/mol. The zero-order valence-corrected chi connectivity index (χ0v) is 14.5. The quantitative estimate of drug-likeness (QED) is 0.377. The Morgan fingerprint density at radius 1 is 1.18 bits per heavy atom. The second-order valence-corrected chi connectivity index (χ2v) is 7.42. The maximum atomic E-state index is 3.76. The molecule has 0 N–H and O–H groups in total. The molecule has 0 spiro atoms. The Kier molecular flexibility index (Phi) is 4.88. The molecule has 0 nitrogen and oxygen atoms in total. The first-order valence-corrected chi connectivity index (χ1v) is 9.24. The number of benzene rings is 1. The standard InChI is InChI=1S/C20H24BS/c1-4-5-6-7-10-21-19-13-22-20-12-17-15(3)9-8-14(2)16(17)11-18(19)20/h4,7,10-15H,1,5-6,8-9H2,2-3H3/b10-7+. The van der Waals surface area contributed by atoms with Crippen molar-refractivity contribution in [2.75, 3.05) is 0 Å². The number of unbranched alkanes of at least 4 members (excludes halogenated alkanes) is 1. The first kappa shape index (κ1) is 15.6. The number of hydrogen-bond donors (Lipinski definition) is 0. The summed E-state index contributed by atoms with van der Waals surface area (Å²) in [4.78, 5) is 0. The van der Waals surface area contributed by atoms with Gasteiger partial charge in [-0.1, -0.05) is 37.5 Å². The van der Waals surface area contributed by atoms with Gasteiger partial charge in [0.05, 0.1) is 0 Å². The molecule has 2 heteroatoms. The average Bonchev–Trinajstić information content (AvgIpc) is 2.92. The van der Waals surface area contributed by atoms with Gasteiger partial charge in [-0.25, -0.2) is 0 Å². The van der Waals surface area contributed by atoms with Crippen LogP contribution in [0.25, 0.3) is 10.1 Å². The topological polar surface area (TPSA) is 0 Å². The summed E-state index contributed by atoms with van der Waals surface area (Å²) in [5.41, 5.74) is 4.53. The normalized spacial score (nSPS) is 21.2. The van der Waals surface area contributed by atoms with Gasteiger partial charge in [0.15, 0.2) is 7.28 Å². The van der Waals surface area contributed by atoms with Crippen molar-refractivity contribution in [2.45, 2.75) is 51.4 Å². The Morgan fingerprint density at radius 2 is 1.91 bits per heavy atom. The molecule has 1 radical (unpaired) electrons. The van der Waals surface area contributed by atoms with E-state index in [0.717, 1.165) is 12.8 Å². The summed E-state index contributed by atoms with van der Waals surface area (Å²) in [5, 5.41) is 3.72. The van der Waals surface area contributed by atoms with Crippen LogP contribution in [-0.4, -0.2) is 7.28 Å². The van der Waals surface area contributed by atoms with Crippen LogP contribution in [0.5, 0.6) is 0 Å². The Bertz CT molecular complexity index is 695. The number of fused-ring (bicyclic) bond motifs is 2. The summed E-state index contributed by atoms with van der Waals surface area (Å²) in [7, 11) is 2.26. The highest BCUT2D eigenvalue weighted by molar-refractivity contribution is 7.18. The van der Waals surface area contributed by atoms with Crippen LogP contribution in [0.15, 0.2) is 42.2 Å². The van der Waals surface area contributed by atoms with Crippen molar-refractivity contribution in [2.24, 2.45) is 0 Å². The molecule has 1 heterocycles. The third-order valence-corrected chi connectivity index (χ3v) is 5.82. The molecular weight excluding hydrogens is 283 g/mol. The van der Waals surface area contributed by atoms with Crippen molar-refractivity contribution in [3.63, 3.8) is 0 Å². The van der Waals surface area contributed by atoms with Crippen molar-refractivity contribution in [3.8, 4) is 0 Å². The van der Waals surface area contributed by atoms with Gasteiger partial charge in [-0.05, 0) is 65.5 Å². The monoisotopic (exact) mass is 307 g/mol. The minimum Gasteiger partial charge on any atom is -0.144 e. The largest absolute Gasteiger partial charge is 0.182 e. The van der Waals surface area contributed by atoms with Crippen LogP contribution in [0, 0.1) is 0 Å². The van der Waals surface area contributed by atoms with Crippen molar-refractivity contribution in [1.82, 2.24) is 0 Å². The molecule has 3 rings (SSSR count). The van der Waals surface area contributed by atoms with Gasteiger partial charge in [0.1, 0.15) is 0 Å². The van der Waals surface area contributed by atoms with Crippen molar-refractivity contribution in [3.05, 3.63) is 53.3 Å². The van der Waals surface area contributed by atoms with Gasteiger partial charge in [0.2, 0.25) is 0 Å². The highest BCUT2D eigenvalue weighted by atomic mass is 32.1. The predicted octanol–water partition coefficient (Wildman–Crippen LogP) is 5.71. The van der Waals surface area contributed by atoms with Gasteiger partial charge >= 0.3 is 0 Å². The first-order valence-electron chi connectivity index (χ1n) is 8.36. The zero-order chi connectivity index (χ0) is 15.5. The number of hydrogen-bond acceptors (Lipinski definition) is 1. The molecular formula is C20H24BS. The number of thiophene rings is 1. The molecule has 1 aliphatic rings. The lowest BCUT2D eigenvalue weighted by atomic mass is 9.69. The van der Waals surface area contributed by atoms with E-state index in [9.17, 15) is 0 Å². The van der Waals surface area contributed by atoms with Gasteiger partial charge in [0.25, 0.3) is 0 Å². The minimum atomic E-state index is 0.700. The molecule has 2 unspecified atom stereocenters. The van der Waals surface area contributed by atoms with Gasteiger partial charge in [0, 0.05) is 4.70 Å². The fourth-order valence-corrected chi connectivity index (χ4v) is 4.36. The maximum Gasteiger partial charge on any atom is 0.182 e. The summed E-state index contributed by atoms with van der Waals surface area (Å²) < 4.78 is 1.44. The molecule has 1 aromatic heterocycles. The molecule has 0 bridgehead atoms. The van der Waals surface area contributed by atoms with Crippen LogP contribution in [-0.2, 0) is 0 Å². The third kappa shape index (κ3) is 3.08. The van der Waals surface area contributed by atoms with E-state index < -0.39 is 0 Å². The van der Waals surface area contributed by atoms with Gasteiger partial charge in [-0.2, -0.15) is 0 Å². The second-order valence-electron chi connectivity index (χ2n) is 6.51. The lowest BCUT2D eigenvalue weighted by molar-refractivity contribution is 0.528. The van der Waals surface area contributed by atoms with Gasteiger partial charge in [-0.15, -0.1) is 23.9 Å². The summed E-state index contributed by atoms with van der Waals surface area (Å²) in [6, 6.07) is 4.92. The highest BCUT2D eigenvalue weighted by Gasteiger charge is 2.23. The molecule has 22 heavy (non-hydrogen) atoms. The Balaban J connectivity index is 1.89. The molecule has 2 aromatic rings. The fraction of sp³-hybridized carbons (Fsp3) is 0.400. The van der Waals surface area contributed by atoms with Gasteiger partial charge < -0.3 is 0 Å². The minimum absolute atomic E-state index is 0.700. The first-order chi connectivity index (χ1) is 10.7. The Labute approximate surface area is 139 Å². The molecule has 113 valence electrons. The zero-order valence-electron chi connectivity index (χ0n) is 13.6. The van der Waals surface area contributed by atoms with E-state index in [1.165, 1.54) is 28.4 Å². The van der Waals surface area contributed by atoms with E-state index in [1.807, 2.05) is 17.4 Å². The van der Waals surface area contributed by atoms with Crippen molar-refractivity contribution >= 4 is 34.2 Å². The Hall–Kier alpha value is -1.28. The molecule has 0 saturated heterocycles. The van der Waals surface area contributed by atoms with E-state index in [-0.39, 0.29) is 0 Å². The maximum absolute atomic E-state index is 3.76. The summed E-state index contributed by atoms with van der Waals surface area (Å²) in [5.74, 6) is 3.60. The summed E-state index contributed by atoms with van der Waals surface area (Å²) in [6.45, 7) is 8.51. The van der Waals surface area contributed by atoms with Crippen LogP contribution in [0.1, 0.15) is 62.5 Å². The van der Waals surface area contributed by atoms with Gasteiger partial charge in [-0.3, -0.25) is 0 Å². The van der Waals surface area contributed by atoms with Crippen molar-refractivity contribution in [1.29, 1.82) is 0 Å². The molecule has 2 atom stereocenters. The van der Waals surface area contributed by atoms with Crippen LogP contribution in [0.4, 0.5) is 0 Å². The lowest BCUT2D eigenvalue weighted by Crippen LogP contribution is -2.13. The molecule has 1 aliphatic carbocycles. The highest BCUT2D eigenvalue weighted by Crippen LogP contribution is 2.40.